The zero-order valence-electron chi connectivity index (χ0n) is 15.8. The molecule has 26 heavy (non-hydrogen) atoms. The van der Waals surface area contributed by atoms with E-state index in [1.165, 1.54) is 0 Å². The number of aryl methyl sites for hydroxylation is 2. The van der Waals surface area contributed by atoms with Gasteiger partial charge in [0.05, 0.1) is 24.9 Å². The molecule has 0 unspecified atom stereocenters. The van der Waals surface area contributed by atoms with Gasteiger partial charge in [-0.15, -0.1) is 0 Å². The third-order valence-corrected chi connectivity index (χ3v) is 5.15. The van der Waals surface area contributed by atoms with Crippen molar-refractivity contribution in [2.24, 2.45) is 7.05 Å². The smallest absolute Gasteiger partial charge is 0.226 e. The van der Waals surface area contributed by atoms with Gasteiger partial charge in [0, 0.05) is 50.8 Å². The number of hydrogen-bond acceptors (Lipinski definition) is 6. The van der Waals surface area contributed by atoms with E-state index < -0.39 is 5.60 Å². The molecule has 1 N–H and O–H groups in total. The predicted molar refractivity (Wildman–Crippen MR) is 97.8 cm³/mol. The summed E-state index contributed by atoms with van der Waals surface area (Å²) in [6.45, 7) is 5.30. The number of rotatable bonds is 5. The van der Waals surface area contributed by atoms with E-state index in [-0.39, 0.29) is 5.91 Å². The van der Waals surface area contributed by atoms with Crippen molar-refractivity contribution < 1.29 is 9.90 Å². The molecular weight excluding hydrogens is 332 g/mol. The van der Waals surface area contributed by atoms with Crippen LogP contribution < -0.4 is 4.90 Å². The average Bonchev–Trinajstić information content (AvgIpc) is 3.11. The van der Waals surface area contributed by atoms with Gasteiger partial charge >= 0.3 is 0 Å². The summed E-state index contributed by atoms with van der Waals surface area (Å²) in [7, 11) is 3.62. The lowest BCUT2D eigenvalue weighted by Crippen LogP contribution is -2.46. The van der Waals surface area contributed by atoms with Crippen LogP contribution in [0.4, 0.5) is 5.82 Å². The Balaban J connectivity index is 1.62. The summed E-state index contributed by atoms with van der Waals surface area (Å²) in [5.41, 5.74) is 1.89. The van der Waals surface area contributed by atoms with Crippen molar-refractivity contribution >= 4 is 11.7 Å². The van der Waals surface area contributed by atoms with E-state index in [0.717, 1.165) is 22.8 Å². The van der Waals surface area contributed by atoms with Gasteiger partial charge in [0.2, 0.25) is 5.91 Å². The molecule has 0 bridgehead atoms. The van der Waals surface area contributed by atoms with Crippen LogP contribution in [0.1, 0.15) is 23.4 Å². The Morgan fingerprint density at radius 1 is 1.38 bits per heavy atom. The Kier molecular flexibility index (Phi) is 4.95. The van der Waals surface area contributed by atoms with Crippen LogP contribution in [-0.2, 0) is 18.3 Å². The quantitative estimate of drug-likeness (QED) is 0.836. The fourth-order valence-corrected chi connectivity index (χ4v) is 3.52. The molecule has 0 spiro atoms. The van der Waals surface area contributed by atoms with E-state index >= 15 is 0 Å². The average molecular weight is 358 g/mol. The topological polar surface area (TPSA) is 87.4 Å². The number of aliphatic hydroxyl groups is 1. The first kappa shape index (κ1) is 18.3. The van der Waals surface area contributed by atoms with Gasteiger partial charge in [-0.25, -0.2) is 4.98 Å². The number of aromatic nitrogens is 4. The fraction of sp³-hybridized carbons (Fsp3) is 0.556. The van der Waals surface area contributed by atoms with E-state index in [1.54, 1.807) is 35.2 Å². The van der Waals surface area contributed by atoms with Crippen LogP contribution in [0.3, 0.4) is 0 Å². The number of amides is 1. The highest BCUT2D eigenvalue weighted by atomic mass is 16.3. The first-order chi connectivity index (χ1) is 12.3. The second-order valence-corrected chi connectivity index (χ2v) is 7.16. The van der Waals surface area contributed by atoms with Gasteiger partial charge in [0.1, 0.15) is 11.4 Å². The highest BCUT2D eigenvalue weighted by Gasteiger charge is 2.38. The number of likely N-dealkylation sites (N-methyl/N-ethyl adjacent to an activating group) is 1. The highest BCUT2D eigenvalue weighted by molar-refractivity contribution is 5.79. The van der Waals surface area contributed by atoms with Crippen molar-refractivity contribution in [2.75, 3.05) is 31.6 Å². The van der Waals surface area contributed by atoms with Crippen LogP contribution in [0.25, 0.3) is 0 Å². The number of hydrogen-bond donors (Lipinski definition) is 1. The van der Waals surface area contributed by atoms with Crippen LogP contribution in [0.5, 0.6) is 0 Å². The predicted octanol–water partition coefficient (Wildman–Crippen LogP) is 0.469. The van der Waals surface area contributed by atoms with Crippen LogP contribution >= 0.6 is 0 Å². The molecule has 1 saturated heterocycles. The van der Waals surface area contributed by atoms with Crippen LogP contribution in [0.15, 0.2) is 18.6 Å². The molecule has 3 rings (SSSR count). The minimum atomic E-state index is -0.943. The molecule has 1 fully saturated rings. The summed E-state index contributed by atoms with van der Waals surface area (Å²) < 4.78 is 1.79. The van der Waals surface area contributed by atoms with Crippen molar-refractivity contribution in [3.8, 4) is 0 Å². The number of anilines is 1. The van der Waals surface area contributed by atoms with Crippen molar-refractivity contribution in [3.63, 3.8) is 0 Å². The first-order valence-corrected chi connectivity index (χ1v) is 8.75. The number of β-amino-alcohol motifs (C(OH)–C–C–N with tert-alkyl or cyclic N) is 1. The SMILES string of the molecule is Cc1nn(C)c(C)c1CC(=O)N(C)C[C@]1(O)CCN(c2cnccn2)C1. The van der Waals surface area contributed by atoms with Gasteiger partial charge in [-0.1, -0.05) is 0 Å². The highest BCUT2D eigenvalue weighted by Crippen LogP contribution is 2.26. The standard InChI is InChI=1S/C18H26N6O2/c1-13-15(14(2)23(4)21-13)9-17(25)22(3)11-18(26)5-8-24(12-18)16-10-19-6-7-20-16/h6-7,10,26H,5,8-9,11-12H2,1-4H3/t18-/m1/s1. The van der Waals surface area contributed by atoms with Crippen molar-refractivity contribution in [1.29, 1.82) is 0 Å². The van der Waals surface area contributed by atoms with Gasteiger partial charge in [0.15, 0.2) is 0 Å². The van der Waals surface area contributed by atoms with Crippen LogP contribution in [0.2, 0.25) is 0 Å². The van der Waals surface area contributed by atoms with Crippen molar-refractivity contribution in [2.45, 2.75) is 32.3 Å². The third-order valence-electron chi connectivity index (χ3n) is 5.15. The summed E-state index contributed by atoms with van der Waals surface area (Å²) in [5.74, 6) is 0.731. The summed E-state index contributed by atoms with van der Waals surface area (Å²) >= 11 is 0. The van der Waals surface area contributed by atoms with Crippen LogP contribution in [-0.4, -0.2) is 67.9 Å². The molecule has 8 heteroatoms. The van der Waals surface area contributed by atoms with E-state index in [4.69, 9.17) is 0 Å². The second-order valence-electron chi connectivity index (χ2n) is 7.16. The fourth-order valence-electron chi connectivity index (χ4n) is 3.52. The molecule has 2 aromatic heterocycles. The molecule has 1 aliphatic rings. The molecule has 1 atom stereocenters. The van der Waals surface area contributed by atoms with E-state index in [9.17, 15) is 9.90 Å². The molecule has 0 aliphatic carbocycles. The Bertz CT molecular complexity index is 790. The maximum absolute atomic E-state index is 12.6. The third kappa shape index (κ3) is 3.70. The minimum Gasteiger partial charge on any atom is -0.386 e. The monoisotopic (exact) mass is 358 g/mol. The van der Waals surface area contributed by atoms with E-state index in [1.807, 2.05) is 25.8 Å². The summed E-state index contributed by atoms with van der Waals surface area (Å²) in [6.07, 6.45) is 5.84. The molecule has 1 amide bonds. The van der Waals surface area contributed by atoms with Crippen molar-refractivity contribution in [3.05, 3.63) is 35.5 Å². The van der Waals surface area contributed by atoms with Gasteiger partial charge in [0.25, 0.3) is 0 Å². The van der Waals surface area contributed by atoms with Gasteiger partial charge in [-0.05, 0) is 20.3 Å². The first-order valence-electron chi connectivity index (χ1n) is 8.75. The summed E-state index contributed by atoms with van der Waals surface area (Å²) in [4.78, 5) is 24.6. The molecule has 0 radical (unpaired) electrons. The Labute approximate surface area is 153 Å². The Hall–Kier alpha value is -2.48. The van der Waals surface area contributed by atoms with Crippen molar-refractivity contribution in [1.82, 2.24) is 24.6 Å². The number of carbonyl (C=O) groups is 1. The molecular formula is C18H26N6O2. The normalized spacial score (nSPS) is 19.8. The second kappa shape index (κ2) is 7.03. The maximum Gasteiger partial charge on any atom is 0.226 e. The number of carbonyl (C=O) groups excluding carboxylic acids is 1. The maximum atomic E-state index is 12.6. The zero-order valence-corrected chi connectivity index (χ0v) is 15.8. The Morgan fingerprint density at radius 2 is 2.15 bits per heavy atom. The molecule has 2 aromatic rings. The van der Waals surface area contributed by atoms with Crippen LogP contribution in [0, 0.1) is 13.8 Å². The van der Waals surface area contributed by atoms with Gasteiger partial charge in [-0.3, -0.25) is 14.5 Å². The summed E-state index contributed by atoms with van der Waals surface area (Å²) in [5, 5.41) is 15.3. The lowest BCUT2D eigenvalue weighted by Gasteiger charge is -2.29. The minimum absolute atomic E-state index is 0.0180. The van der Waals surface area contributed by atoms with Gasteiger partial charge in [-0.2, -0.15) is 5.10 Å². The largest absolute Gasteiger partial charge is 0.386 e. The lowest BCUT2D eigenvalue weighted by atomic mass is 10.0. The summed E-state index contributed by atoms with van der Waals surface area (Å²) in [6, 6.07) is 0. The molecule has 0 saturated carbocycles. The number of nitrogens with zero attached hydrogens (tertiary/aromatic N) is 6. The zero-order chi connectivity index (χ0) is 18.9. The Morgan fingerprint density at radius 3 is 2.77 bits per heavy atom. The van der Waals surface area contributed by atoms with E-state index in [0.29, 0.717) is 32.5 Å². The molecule has 140 valence electrons. The van der Waals surface area contributed by atoms with Gasteiger partial charge < -0.3 is 14.9 Å². The molecule has 8 nitrogen and oxygen atoms in total. The van der Waals surface area contributed by atoms with E-state index in [2.05, 4.69) is 15.1 Å². The molecule has 3 heterocycles. The molecule has 0 aromatic carbocycles. The lowest BCUT2D eigenvalue weighted by molar-refractivity contribution is -0.132. The molecule has 1 aliphatic heterocycles.